The lowest BCUT2D eigenvalue weighted by Crippen LogP contribution is -2.34. The van der Waals surface area contributed by atoms with Crippen LogP contribution in [0.3, 0.4) is 0 Å². The summed E-state index contributed by atoms with van der Waals surface area (Å²) < 4.78 is 162. The average Bonchev–Trinajstić information content (AvgIpc) is 1.30. The summed E-state index contributed by atoms with van der Waals surface area (Å²) in [5, 5.41) is 4.19. The number of amidine groups is 1. The summed E-state index contributed by atoms with van der Waals surface area (Å²) in [6, 6.07) is 5.67. The number of hydroxylamine groups is 2. The minimum absolute atomic E-state index is 0.0862. The summed E-state index contributed by atoms with van der Waals surface area (Å²) >= 11 is -0.521. The molecular formula is C65H98F4N6O23S. The highest BCUT2D eigenvalue weighted by Gasteiger charge is 2.29. The fourth-order valence-corrected chi connectivity index (χ4v) is 8.52. The number of hydrogen-bond donors (Lipinski definition) is 3. The summed E-state index contributed by atoms with van der Waals surface area (Å²) in [5.74, 6) is -10.0. The van der Waals surface area contributed by atoms with Crippen molar-refractivity contribution >= 4 is 47.4 Å². The standard InChI is InChI=1S/C65H98F4N6O23S/c1-3-9-75(97-4-2)65(78)52-44-51-6-5-50(45-54(51)74-55(70)46-52)53-47-71-56(72-48-53)49-73-57(76)7-10-80-12-14-82-16-18-84-20-22-86-24-26-88-28-30-90-32-34-92-36-38-94-40-42-96-43-41-95-39-37-93-35-33-91-31-29-89-27-25-87-23-21-85-19-17-83-15-13-81-11-8-58(77)98-63-59(66)61(68)64(99-79)62(69)60(63)67/h5-6,44-45,47-48,79H,3-4,7-43,46,49H2,1-2H3,(H2,70,74)(H,73,76). The van der Waals surface area contributed by atoms with Gasteiger partial charge in [0.1, 0.15) is 16.6 Å². The van der Waals surface area contributed by atoms with Crippen molar-refractivity contribution in [3.05, 3.63) is 70.8 Å². The number of carbonyl (C=O) groups is 3. The van der Waals surface area contributed by atoms with Crippen LogP contribution in [0.15, 0.2) is 46.1 Å². The zero-order valence-electron chi connectivity index (χ0n) is 56.7. The molecule has 1 aromatic heterocycles. The van der Waals surface area contributed by atoms with Crippen LogP contribution in [0.4, 0.5) is 23.2 Å². The Kier molecular flexibility index (Phi) is 49.4. The fourth-order valence-electron chi connectivity index (χ4n) is 8.18. The van der Waals surface area contributed by atoms with Gasteiger partial charge in [-0.15, -0.1) is 0 Å². The molecule has 29 nitrogen and oxygen atoms in total. The summed E-state index contributed by atoms with van der Waals surface area (Å²) in [6.45, 7) is 17.5. The monoisotopic (exact) mass is 1440 g/mol. The van der Waals surface area contributed by atoms with E-state index < -0.39 is 58.3 Å². The molecule has 0 bridgehead atoms. The molecule has 1 aliphatic rings. The summed E-state index contributed by atoms with van der Waals surface area (Å²) in [7, 11) is 0. The van der Waals surface area contributed by atoms with Crippen LogP contribution in [0.2, 0.25) is 0 Å². The van der Waals surface area contributed by atoms with Gasteiger partial charge in [0.15, 0.2) is 11.6 Å². The molecule has 3 aromatic rings. The van der Waals surface area contributed by atoms with Crippen molar-refractivity contribution < 1.29 is 127 Å². The third kappa shape index (κ3) is 39.5. The number of esters is 1. The molecule has 0 fully saturated rings. The van der Waals surface area contributed by atoms with E-state index in [0.29, 0.717) is 228 Å². The SMILES string of the molecule is CCCN(OCC)C(=O)C1=Cc2ccc(-c3cnc(CNC(=O)CCOCCOCCOCCOCCOCCOCCOCCOCCOCCOCCOCCOCCOCCOCCOCCOCCOCCC(=O)Oc4c(F)c(F)c(SO)c(F)c4F)nc3)cc2N=C(N)C1. The number of aliphatic imine (C=N–C) groups is 1. The molecule has 2 heterocycles. The molecule has 0 spiro atoms. The number of amides is 2. The molecular weight excluding hydrogens is 1340 g/mol. The van der Waals surface area contributed by atoms with E-state index in [1.807, 2.05) is 32.0 Å². The van der Waals surface area contributed by atoms with Gasteiger partial charge in [-0.2, -0.15) is 8.78 Å². The maximum atomic E-state index is 13.9. The van der Waals surface area contributed by atoms with Gasteiger partial charge in [0, 0.05) is 60.5 Å². The van der Waals surface area contributed by atoms with E-state index in [-0.39, 0.29) is 64.2 Å². The molecule has 34 heteroatoms. The Hall–Kier alpha value is -5.55. The van der Waals surface area contributed by atoms with Crippen LogP contribution >= 0.6 is 12.0 Å². The van der Waals surface area contributed by atoms with Gasteiger partial charge in [-0.25, -0.2) is 28.8 Å². The summed E-state index contributed by atoms with van der Waals surface area (Å²) in [5.41, 5.74) is 9.71. The minimum atomic E-state index is -1.95. The van der Waals surface area contributed by atoms with Crippen molar-refractivity contribution in [1.29, 1.82) is 0 Å². The zero-order chi connectivity index (χ0) is 71.0. The van der Waals surface area contributed by atoms with Crippen molar-refractivity contribution in [3.63, 3.8) is 0 Å². The number of nitrogens with zero attached hydrogens (tertiary/aromatic N) is 4. The average molecular weight is 1440 g/mol. The predicted octanol–water partition coefficient (Wildman–Crippen LogP) is 5.52. The van der Waals surface area contributed by atoms with Crippen LogP contribution in [0.5, 0.6) is 5.75 Å². The van der Waals surface area contributed by atoms with Crippen molar-refractivity contribution in [1.82, 2.24) is 20.3 Å². The molecule has 2 aromatic carbocycles. The molecule has 2 amide bonds. The lowest BCUT2D eigenvalue weighted by molar-refractivity contribution is -0.180. The number of fused-ring (bicyclic) bond motifs is 1. The number of halogens is 4. The lowest BCUT2D eigenvalue weighted by atomic mass is 10.0. The molecule has 0 aliphatic carbocycles. The Morgan fingerprint density at radius 2 is 0.879 bits per heavy atom. The van der Waals surface area contributed by atoms with E-state index in [2.05, 4.69) is 25.0 Å². The molecule has 0 unspecified atom stereocenters. The van der Waals surface area contributed by atoms with E-state index >= 15 is 0 Å². The van der Waals surface area contributed by atoms with Gasteiger partial charge in [-0.05, 0) is 31.1 Å². The van der Waals surface area contributed by atoms with Crippen LogP contribution in [0.25, 0.3) is 17.2 Å². The topological polar surface area (TPSA) is 326 Å². The lowest BCUT2D eigenvalue weighted by Gasteiger charge is -2.21. The number of nitrogens with one attached hydrogen (secondary N) is 1. The highest BCUT2D eigenvalue weighted by atomic mass is 32.2. The largest absolute Gasteiger partial charge is 0.420 e. The highest BCUT2D eigenvalue weighted by molar-refractivity contribution is 7.93. The highest BCUT2D eigenvalue weighted by Crippen LogP contribution is 2.35. The van der Waals surface area contributed by atoms with Crippen LogP contribution < -0.4 is 15.8 Å². The molecule has 0 saturated carbocycles. The van der Waals surface area contributed by atoms with Crippen molar-refractivity contribution in [2.45, 2.75) is 51.0 Å². The quantitative estimate of drug-likeness (QED) is 0.0119. The maximum Gasteiger partial charge on any atom is 0.313 e. The Morgan fingerprint density at radius 1 is 0.515 bits per heavy atom. The molecule has 560 valence electrons. The van der Waals surface area contributed by atoms with E-state index in [0.717, 1.165) is 23.1 Å². The zero-order valence-corrected chi connectivity index (χ0v) is 57.5. The second-order valence-corrected chi connectivity index (χ2v) is 21.2. The minimum Gasteiger partial charge on any atom is -0.420 e. The second kappa shape index (κ2) is 57.0. The smallest absolute Gasteiger partial charge is 0.313 e. The van der Waals surface area contributed by atoms with Gasteiger partial charge in [-0.3, -0.25) is 19.2 Å². The number of aromatic nitrogens is 2. The Balaban J connectivity index is 0.767. The van der Waals surface area contributed by atoms with Gasteiger partial charge in [0.25, 0.3) is 5.91 Å². The number of nitrogens with two attached hydrogens (primary N) is 1. The third-order valence-corrected chi connectivity index (χ3v) is 13.6. The predicted molar refractivity (Wildman–Crippen MR) is 350 cm³/mol. The van der Waals surface area contributed by atoms with Crippen molar-refractivity contribution in [2.24, 2.45) is 10.7 Å². The first-order valence-electron chi connectivity index (χ1n) is 32.9. The number of carbonyl (C=O) groups excluding carboxylic acids is 3. The van der Waals surface area contributed by atoms with Crippen LogP contribution in [0, 0.1) is 23.3 Å². The first-order valence-corrected chi connectivity index (χ1v) is 33.6. The molecule has 0 saturated heterocycles. The van der Waals surface area contributed by atoms with E-state index in [1.54, 1.807) is 18.5 Å². The molecule has 4 rings (SSSR count). The molecule has 1 aliphatic heterocycles. The number of ether oxygens (including phenoxy) is 18. The van der Waals surface area contributed by atoms with Crippen LogP contribution in [-0.2, 0) is 106 Å². The van der Waals surface area contributed by atoms with E-state index in [9.17, 15) is 31.9 Å². The Labute approximate surface area is 579 Å². The van der Waals surface area contributed by atoms with Gasteiger partial charge in [-0.1, -0.05) is 19.1 Å². The van der Waals surface area contributed by atoms with Crippen LogP contribution in [0.1, 0.15) is 50.9 Å². The molecule has 0 atom stereocenters. The van der Waals surface area contributed by atoms with Crippen molar-refractivity contribution in [3.8, 4) is 16.9 Å². The third-order valence-electron chi connectivity index (χ3n) is 13.1. The Bertz CT molecular complexity index is 2690. The fraction of sp³-hybridized carbons (Fsp3) is 0.662. The summed E-state index contributed by atoms with van der Waals surface area (Å²) in [6.07, 6.45) is 5.85. The second-order valence-electron chi connectivity index (χ2n) is 20.6. The van der Waals surface area contributed by atoms with E-state index in [4.69, 9.17) is 95.7 Å². The maximum absolute atomic E-state index is 13.9. The van der Waals surface area contributed by atoms with Gasteiger partial charge in [0.2, 0.25) is 23.3 Å². The Morgan fingerprint density at radius 3 is 1.23 bits per heavy atom. The van der Waals surface area contributed by atoms with Gasteiger partial charge in [0.05, 0.1) is 250 Å². The molecule has 99 heavy (non-hydrogen) atoms. The van der Waals surface area contributed by atoms with Crippen LogP contribution in [-0.4, -0.2) is 281 Å². The molecule has 0 radical (unpaired) electrons. The number of hydrogen-bond acceptors (Lipinski definition) is 28. The first kappa shape index (κ1) is 85.9. The summed E-state index contributed by atoms with van der Waals surface area (Å²) in [4.78, 5) is 55.1. The van der Waals surface area contributed by atoms with Gasteiger partial charge >= 0.3 is 5.97 Å². The molecule has 4 N–H and O–H groups in total. The number of rotatable bonds is 64. The number of benzene rings is 2. The normalized spacial score (nSPS) is 12.2. The first-order chi connectivity index (χ1) is 48.5. The van der Waals surface area contributed by atoms with Gasteiger partial charge < -0.3 is 101 Å². The van der Waals surface area contributed by atoms with Crippen molar-refractivity contribution in [2.75, 3.05) is 238 Å². The van der Waals surface area contributed by atoms with E-state index in [1.165, 1.54) is 5.06 Å².